The molecule has 0 saturated carbocycles. The van der Waals surface area contributed by atoms with Gasteiger partial charge in [-0.2, -0.15) is 0 Å². The topological polar surface area (TPSA) is 76.1 Å². The van der Waals surface area contributed by atoms with Gasteiger partial charge in [0.25, 0.3) is 11.7 Å². The van der Waals surface area contributed by atoms with Gasteiger partial charge in [0.05, 0.1) is 25.3 Å². The molecule has 1 heterocycles. The van der Waals surface area contributed by atoms with Gasteiger partial charge in [-0.15, -0.1) is 0 Å². The highest BCUT2D eigenvalue weighted by Gasteiger charge is 2.45. The molecule has 3 rings (SSSR count). The Morgan fingerprint density at radius 3 is 2.29 bits per heavy atom. The zero-order valence-corrected chi connectivity index (χ0v) is 15.5. The number of halogens is 1. The summed E-state index contributed by atoms with van der Waals surface area (Å²) in [6, 6.07) is 11.1. The Balaban J connectivity index is 2.12. The van der Waals surface area contributed by atoms with Gasteiger partial charge in [-0.1, -0.05) is 12.1 Å². The quantitative estimate of drug-likeness (QED) is 0.470. The number of rotatable bonds is 6. The molecule has 1 aliphatic rings. The number of nitrogens with zero attached hydrogens (tertiary/aromatic N) is 1. The summed E-state index contributed by atoms with van der Waals surface area (Å²) in [7, 11) is 3.01. The number of likely N-dealkylation sites (tertiary alicyclic amines) is 1. The zero-order valence-electron chi connectivity index (χ0n) is 15.5. The number of amides is 1. The minimum atomic E-state index is -0.835. The van der Waals surface area contributed by atoms with Crippen LogP contribution in [0, 0.1) is 5.82 Å². The van der Waals surface area contributed by atoms with Gasteiger partial charge in [0.1, 0.15) is 17.3 Å². The number of aliphatic hydroxyl groups is 1. The van der Waals surface area contributed by atoms with Crippen molar-refractivity contribution in [3.8, 4) is 5.75 Å². The van der Waals surface area contributed by atoms with Crippen LogP contribution in [0.25, 0.3) is 5.76 Å². The summed E-state index contributed by atoms with van der Waals surface area (Å²) in [5.41, 5.74) is 0.849. The van der Waals surface area contributed by atoms with Crippen LogP contribution in [-0.4, -0.2) is 49.1 Å². The molecular formula is C21H20FNO5. The Labute approximate surface area is 161 Å². The van der Waals surface area contributed by atoms with Crippen molar-refractivity contribution in [1.29, 1.82) is 0 Å². The van der Waals surface area contributed by atoms with Crippen LogP contribution >= 0.6 is 0 Å². The number of hydrogen-bond donors (Lipinski definition) is 1. The molecule has 146 valence electrons. The second kappa shape index (κ2) is 8.22. The van der Waals surface area contributed by atoms with Crippen molar-refractivity contribution >= 4 is 17.4 Å². The standard InChI is InChI=1S/C21H20FNO5/c1-27-12-11-23-18(13-3-7-15(22)8-4-13)17(20(25)21(23)26)19(24)14-5-9-16(28-2)10-6-14/h3-10,18,24H,11-12H2,1-2H3/b19-17+/t18-/m1/s1. The number of aliphatic hydroxyl groups excluding tert-OH is 1. The molecule has 0 bridgehead atoms. The van der Waals surface area contributed by atoms with Crippen molar-refractivity contribution < 1.29 is 28.6 Å². The van der Waals surface area contributed by atoms with Crippen LogP contribution in [0.15, 0.2) is 54.1 Å². The maximum absolute atomic E-state index is 13.4. The minimum absolute atomic E-state index is 0.0436. The number of benzene rings is 2. The molecule has 0 aromatic heterocycles. The van der Waals surface area contributed by atoms with E-state index in [1.54, 1.807) is 24.3 Å². The van der Waals surface area contributed by atoms with Gasteiger partial charge in [-0.05, 0) is 42.0 Å². The number of hydrogen-bond acceptors (Lipinski definition) is 5. The number of Topliss-reactive ketones (excluding diaryl/α,β-unsaturated/α-hetero) is 1. The molecule has 0 aliphatic carbocycles. The highest BCUT2D eigenvalue weighted by atomic mass is 19.1. The van der Waals surface area contributed by atoms with Gasteiger partial charge in [0.15, 0.2) is 0 Å². The highest BCUT2D eigenvalue weighted by molar-refractivity contribution is 6.46. The van der Waals surface area contributed by atoms with Crippen molar-refractivity contribution in [3.05, 3.63) is 71.0 Å². The SMILES string of the molecule is COCCN1C(=O)C(=O)/C(=C(/O)c2ccc(OC)cc2)[C@H]1c1ccc(F)cc1. The molecule has 7 heteroatoms. The average molecular weight is 385 g/mol. The Hall–Kier alpha value is -3.19. The predicted octanol–water partition coefficient (Wildman–Crippen LogP) is 2.90. The van der Waals surface area contributed by atoms with Gasteiger partial charge in [0, 0.05) is 19.2 Å². The Kier molecular flexibility index (Phi) is 5.75. The van der Waals surface area contributed by atoms with Crippen LogP contribution in [0.1, 0.15) is 17.2 Å². The maximum atomic E-state index is 13.4. The second-order valence-electron chi connectivity index (χ2n) is 6.27. The van der Waals surface area contributed by atoms with Crippen LogP contribution in [0.4, 0.5) is 4.39 Å². The molecule has 1 saturated heterocycles. The molecule has 2 aromatic carbocycles. The molecule has 1 atom stereocenters. The fourth-order valence-electron chi connectivity index (χ4n) is 3.20. The minimum Gasteiger partial charge on any atom is -0.507 e. The Bertz CT molecular complexity index is 905. The summed E-state index contributed by atoms with van der Waals surface area (Å²) in [6.45, 7) is 0.371. The molecule has 1 amide bonds. The fourth-order valence-corrected chi connectivity index (χ4v) is 3.20. The van der Waals surface area contributed by atoms with E-state index in [2.05, 4.69) is 0 Å². The lowest BCUT2D eigenvalue weighted by Gasteiger charge is -2.25. The van der Waals surface area contributed by atoms with Crippen LogP contribution in [-0.2, 0) is 14.3 Å². The van der Waals surface area contributed by atoms with E-state index in [4.69, 9.17) is 9.47 Å². The number of carbonyl (C=O) groups is 2. The molecule has 1 N–H and O–H groups in total. The van der Waals surface area contributed by atoms with Gasteiger partial charge in [-0.3, -0.25) is 9.59 Å². The molecule has 1 aliphatic heterocycles. The van der Waals surface area contributed by atoms with E-state index in [-0.39, 0.29) is 24.5 Å². The first-order valence-corrected chi connectivity index (χ1v) is 8.65. The molecule has 1 fully saturated rings. The highest BCUT2D eigenvalue weighted by Crippen LogP contribution is 2.39. The van der Waals surface area contributed by atoms with E-state index < -0.39 is 23.5 Å². The molecule has 2 aromatic rings. The summed E-state index contributed by atoms with van der Waals surface area (Å²) in [5, 5.41) is 10.8. The monoisotopic (exact) mass is 385 g/mol. The smallest absolute Gasteiger partial charge is 0.295 e. The molecule has 0 spiro atoms. The van der Waals surface area contributed by atoms with Crippen LogP contribution in [0.5, 0.6) is 5.75 Å². The van der Waals surface area contributed by atoms with Crippen molar-refractivity contribution in [2.45, 2.75) is 6.04 Å². The molecule has 6 nitrogen and oxygen atoms in total. The number of methoxy groups -OCH3 is 2. The Morgan fingerprint density at radius 2 is 1.71 bits per heavy atom. The summed E-state index contributed by atoms with van der Waals surface area (Å²) >= 11 is 0. The van der Waals surface area contributed by atoms with Crippen molar-refractivity contribution in [1.82, 2.24) is 4.90 Å². The van der Waals surface area contributed by atoms with Gasteiger partial charge >= 0.3 is 0 Å². The third-order valence-corrected chi connectivity index (χ3v) is 4.63. The van der Waals surface area contributed by atoms with Crippen LogP contribution in [0.3, 0.4) is 0 Å². The first kappa shape index (κ1) is 19.6. The lowest BCUT2D eigenvalue weighted by Crippen LogP contribution is -2.32. The van der Waals surface area contributed by atoms with E-state index in [0.29, 0.717) is 16.9 Å². The van der Waals surface area contributed by atoms with Crippen molar-refractivity contribution in [2.24, 2.45) is 0 Å². The number of carbonyl (C=O) groups excluding carboxylic acids is 2. The van der Waals surface area contributed by atoms with E-state index in [1.807, 2.05) is 0 Å². The zero-order chi connectivity index (χ0) is 20.3. The maximum Gasteiger partial charge on any atom is 0.295 e. The normalized spacial score (nSPS) is 18.5. The number of ether oxygens (including phenoxy) is 2. The summed E-state index contributed by atoms with van der Waals surface area (Å²) in [4.78, 5) is 26.6. The number of ketones is 1. The van der Waals surface area contributed by atoms with E-state index >= 15 is 0 Å². The summed E-state index contributed by atoms with van der Waals surface area (Å²) in [5.74, 6) is -1.67. The Morgan fingerprint density at radius 1 is 1.07 bits per heavy atom. The third-order valence-electron chi connectivity index (χ3n) is 4.63. The predicted molar refractivity (Wildman–Crippen MR) is 100 cm³/mol. The molecular weight excluding hydrogens is 365 g/mol. The first-order chi connectivity index (χ1) is 13.5. The molecule has 0 radical (unpaired) electrons. The first-order valence-electron chi connectivity index (χ1n) is 8.65. The lowest BCUT2D eigenvalue weighted by molar-refractivity contribution is -0.140. The fraction of sp³-hybridized carbons (Fsp3) is 0.238. The van der Waals surface area contributed by atoms with Gasteiger partial charge in [-0.25, -0.2) is 4.39 Å². The van der Waals surface area contributed by atoms with Crippen molar-refractivity contribution in [2.75, 3.05) is 27.4 Å². The molecule has 0 unspecified atom stereocenters. The van der Waals surface area contributed by atoms with E-state index in [9.17, 15) is 19.1 Å². The van der Waals surface area contributed by atoms with E-state index in [0.717, 1.165) is 0 Å². The van der Waals surface area contributed by atoms with Crippen LogP contribution in [0.2, 0.25) is 0 Å². The van der Waals surface area contributed by atoms with Crippen molar-refractivity contribution in [3.63, 3.8) is 0 Å². The van der Waals surface area contributed by atoms with Crippen LogP contribution < -0.4 is 4.74 Å². The average Bonchev–Trinajstić information content (AvgIpc) is 2.97. The lowest BCUT2D eigenvalue weighted by atomic mass is 9.95. The summed E-state index contributed by atoms with van der Waals surface area (Å²) in [6.07, 6.45) is 0. The largest absolute Gasteiger partial charge is 0.507 e. The van der Waals surface area contributed by atoms with E-state index in [1.165, 1.54) is 43.4 Å². The van der Waals surface area contributed by atoms with Gasteiger partial charge < -0.3 is 19.5 Å². The summed E-state index contributed by atoms with van der Waals surface area (Å²) < 4.78 is 23.5. The molecule has 28 heavy (non-hydrogen) atoms. The second-order valence-corrected chi connectivity index (χ2v) is 6.27. The van der Waals surface area contributed by atoms with Gasteiger partial charge in [0.2, 0.25) is 0 Å². The third kappa shape index (κ3) is 3.61.